The van der Waals surface area contributed by atoms with Crippen LogP contribution in [0.1, 0.15) is 137 Å². The molecule has 0 aliphatic heterocycles. The second kappa shape index (κ2) is 24.2. The van der Waals surface area contributed by atoms with E-state index in [1.54, 1.807) is 0 Å². The minimum absolute atomic E-state index is 0. The van der Waals surface area contributed by atoms with E-state index in [0.717, 1.165) is 19.3 Å². The molecule has 0 saturated heterocycles. The van der Waals surface area contributed by atoms with Gasteiger partial charge in [-0.3, -0.25) is 9.35 Å². The Bertz CT molecular complexity index is 503. The third-order valence-corrected chi connectivity index (χ3v) is 6.40. The number of hydrogen-bond donors (Lipinski definition) is 1. The maximum absolute atomic E-state index is 11.0. The zero-order valence-electron chi connectivity index (χ0n) is 21.7. The van der Waals surface area contributed by atoms with Crippen LogP contribution in [0.2, 0.25) is 0 Å². The number of rotatable bonds is 22. The van der Waals surface area contributed by atoms with Crippen LogP contribution in [0.5, 0.6) is 0 Å². The molecule has 0 saturated carbocycles. The van der Waals surface area contributed by atoms with Crippen molar-refractivity contribution in [2.75, 3.05) is 5.75 Å². The van der Waals surface area contributed by atoms with E-state index in [2.05, 4.69) is 6.92 Å². The number of ether oxygens (including phenoxy) is 1. The van der Waals surface area contributed by atoms with Gasteiger partial charge in [0.1, 0.15) is 11.9 Å². The Balaban J connectivity index is -0.00000420. The van der Waals surface area contributed by atoms with Crippen LogP contribution in [0.25, 0.3) is 0 Å². The smallest absolute Gasteiger partial charge is 1.00 e. The van der Waals surface area contributed by atoms with Crippen LogP contribution in [-0.2, 0) is 19.6 Å². The van der Waals surface area contributed by atoms with Crippen LogP contribution in [-0.4, -0.2) is 30.8 Å². The quantitative estimate of drug-likeness (QED) is 0.106. The van der Waals surface area contributed by atoms with Crippen molar-refractivity contribution < 1.29 is 75.3 Å². The van der Waals surface area contributed by atoms with Crippen molar-refractivity contribution in [2.24, 2.45) is 0 Å². The molecule has 0 spiro atoms. The van der Waals surface area contributed by atoms with Gasteiger partial charge in [-0.05, 0) is 12.8 Å². The molecule has 0 radical (unpaired) electrons. The standard InChI is InChI=1S/C24H48O5S.K.H/c1-3-4-5-6-7-8-9-10-11-12-13-14-15-16-17-18-19-20-21-24(29-23(2)25)22-30(26,27)28;;/h24H,3-22H2,1-2H3,(H,26,27,28);;/q;+1;-1. The van der Waals surface area contributed by atoms with E-state index in [4.69, 9.17) is 9.29 Å². The molecule has 0 fully saturated rings. The van der Waals surface area contributed by atoms with E-state index in [1.807, 2.05) is 0 Å². The largest absolute Gasteiger partial charge is 1.00 e. The van der Waals surface area contributed by atoms with E-state index < -0.39 is 27.9 Å². The molecule has 1 atom stereocenters. The molecule has 0 aromatic rings. The van der Waals surface area contributed by atoms with Crippen LogP contribution in [0.3, 0.4) is 0 Å². The van der Waals surface area contributed by atoms with Gasteiger partial charge in [-0.2, -0.15) is 8.42 Å². The van der Waals surface area contributed by atoms with Crippen molar-refractivity contribution in [3.8, 4) is 0 Å². The van der Waals surface area contributed by atoms with Gasteiger partial charge in [0.05, 0.1) is 0 Å². The summed E-state index contributed by atoms with van der Waals surface area (Å²) in [6.45, 7) is 3.52. The van der Waals surface area contributed by atoms with Crippen molar-refractivity contribution in [1.29, 1.82) is 0 Å². The zero-order chi connectivity index (χ0) is 22.5. The summed E-state index contributed by atoms with van der Waals surface area (Å²) < 4.78 is 35.9. The minimum Gasteiger partial charge on any atom is -1.00 e. The summed E-state index contributed by atoms with van der Waals surface area (Å²) in [7, 11) is -4.12. The molecule has 0 amide bonds. The number of carbonyl (C=O) groups excluding carboxylic acids is 1. The minimum atomic E-state index is -4.12. The van der Waals surface area contributed by atoms with Crippen LogP contribution in [0, 0.1) is 0 Å². The average molecular weight is 489 g/mol. The summed E-state index contributed by atoms with van der Waals surface area (Å²) in [5.74, 6) is -1.02. The first-order chi connectivity index (χ1) is 14.3. The van der Waals surface area contributed by atoms with Gasteiger partial charge in [0.15, 0.2) is 0 Å². The predicted molar refractivity (Wildman–Crippen MR) is 126 cm³/mol. The van der Waals surface area contributed by atoms with Crippen molar-refractivity contribution in [1.82, 2.24) is 0 Å². The van der Waals surface area contributed by atoms with Crippen LogP contribution in [0.15, 0.2) is 0 Å². The number of esters is 1. The Morgan fingerprint density at radius 1 is 0.742 bits per heavy atom. The first-order valence-electron chi connectivity index (χ1n) is 12.5. The molecule has 0 aromatic heterocycles. The third-order valence-electron chi connectivity index (χ3n) is 5.61. The summed E-state index contributed by atoms with van der Waals surface area (Å²) in [5.41, 5.74) is 0. The van der Waals surface area contributed by atoms with E-state index in [1.165, 1.54) is 103 Å². The Labute approximate surface area is 236 Å². The normalized spacial score (nSPS) is 12.4. The summed E-state index contributed by atoms with van der Waals surface area (Å²) in [6.07, 6.45) is 23.1. The molecule has 5 nitrogen and oxygen atoms in total. The van der Waals surface area contributed by atoms with E-state index in [0.29, 0.717) is 6.42 Å². The van der Waals surface area contributed by atoms with Gasteiger partial charge in [-0.15, -0.1) is 0 Å². The van der Waals surface area contributed by atoms with Crippen LogP contribution >= 0.6 is 0 Å². The van der Waals surface area contributed by atoms with Crippen molar-refractivity contribution in [2.45, 2.75) is 142 Å². The molecule has 7 heteroatoms. The van der Waals surface area contributed by atoms with Gasteiger partial charge < -0.3 is 6.16 Å². The van der Waals surface area contributed by atoms with Gasteiger partial charge in [-0.1, -0.05) is 116 Å². The number of hydrogen-bond acceptors (Lipinski definition) is 4. The summed E-state index contributed by atoms with van der Waals surface area (Å²) in [5, 5.41) is 0. The number of carbonyl (C=O) groups is 1. The SMILES string of the molecule is CCCCCCCCCCCCCCCCCCCCC(CS(=O)(=O)O)OC(C)=O.[H-].[K+]. The molecular weight excluding hydrogens is 439 g/mol. The molecule has 1 N–H and O–H groups in total. The Kier molecular flexibility index (Phi) is 26.6. The fraction of sp³-hybridized carbons (Fsp3) is 0.958. The molecule has 0 aliphatic rings. The molecule has 0 bridgehead atoms. The first-order valence-corrected chi connectivity index (χ1v) is 14.1. The van der Waals surface area contributed by atoms with Gasteiger partial charge in [-0.25, -0.2) is 0 Å². The molecule has 1 unspecified atom stereocenters. The van der Waals surface area contributed by atoms with Gasteiger partial charge in [0.25, 0.3) is 10.1 Å². The van der Waals surface area contributed by atoms with Crippen LogP contribution < -0.4 is 51.4 Å². The Hall–Kier alpha value is 1.02. The maximum atomic E-state index is 11.0. The topological polar surface area (TPSA) is 80.7 Å². The summed E-state index contributed by atoms with van der Waals surface area (Å²) >= 11 is 0. The Morgan fingerprint density at radius 3 is 1.35 bits per heavy atom. The molecule has 182 valence electrons. The van der Waals surface area contributed by atoms with Gasteiger partial charge >= 0.3 is 57.4 Å². The molecule has 0 aliphatic carbocycles. The molecule has 0 rings (SSSR count). The van der Waals surface area contributed by atoms with Crippen molar-refractivity contribution in [3.63, 3.8) is 0 Å². The third kappa shape index (κ3) is 29.0. The maximum Gasteiger partial charge on any atom is 1.00 e. The van der Waals surface area contributed by atoms with E-state index in [-0.39, 0.29) is 52.8 Å². The summed E-state index contributed by atoms with van der Waals surface area (Å²) in [6, 6.07) is 0. The molecule has 31 heavy (non-hydrogen) atoms. The van der Waals surface area contributed by atoms with E-state index >= 15 is 0 Å². The summed E-state index contributed by atoms with van der Waals surface area (Å²) in [4.78, 5) is 11.0. The van der Waals surface area contributed by atoms with E-state index in [9.17, 15) is 13.2 Å². The van der Waals surface area contributed by atoms with Gasteiger partial charge in [0.2, 0.25) is 0 Å². The second-order valence-corrected chi connectivity index (χ2v) is 10.3. The zero-order valence-corrected chi connectivity index (χ0v) is 24.6. The molecular formula is C24H49KO5S. The fourth-order valence-electron chi connectivity index (χ4n) is 3.92. The monoisotopic (exact) mass is 488 g/mol. The van der Waals surface area contributed by atoms with Crippen LogP contribution in [0.4, 0.5) is 0 Å². The van der Waals surface area contributed by atoms with Crippen molar-refractivity contribution >= 4 is 16.1 Å². The van der Waals surface area contributed by atoms with Gasteiger partial charge in [0, 0.05) is 6.92 Å². The fourth-order valence-corrected chi connectivity index (χ4v) is 4.62. The number of unbranched alkanes of at least 4 members (excludes halogenated alkanes) is 17. The average Bonchev–Trinajstić information content (AvgIpc) is 2.65. The molecule has 0 heterocycles. The molecule has 0 aromatic carbocycles. The Morgan fingerprint density at radius 2 is 1.06 bits per heavy atom. The van der Waals surface area contributed by atoms with Crippen molar-refractivity contribution in [3.05, 3.63) is 0 Å². The predicted octanol–water partition coefficient (Wildman–Crippen LogP) is 4.35. The first kappa shape index (κ1) is 34.2. The second-order valence-electron chi connectivity index (χ2n) is 8.78.